The lowest BCUT2D eigenvalue weighted by Gasteiger charge is -2.32. The molecule has 174 valence electrons. The van der Waals surface area contributed by atoms with Crippen LogP contribution >= 0.6 is 11.6 Å². The number of halogens is 2. The molecular weight excluding hydrogens is 457 g/mol. The number of rotatable bonds is 3. The second-order valence-electron chi connectivity index (χ2n) is 8.62. The quantitative estimate of drug-likeness (QED) is 0.574. The number of carbonyl (C=O) groups excluding carboxylic acids is 1. The van der Waals surface area contributed by atoms with E-state index in [0.717, 1.165) is 35.2 Å². The van der Waals surface area contributed by atoms with E-state index in [-0.39, 0.29) is 18.4 Å². The van der Waals surface area contributed by atoms with Crippen molar-refractivity contribution in [1.29, 1.82) is 0 Å². The van der Waals surface area contributed by atoms with Crippen LogP contribution in [0.2, 0.25) is 5.02 Å². The van der Waals surface area contributed by atoms with Crippen LogP contribution in [0.5, 0.6) is 0 Å². The maximum atomic E-state index is 13.2. The summed E-state index contributed by atoms with van der Waals surface area (Å²) in [4.78, 5) is 27.5. The number of aromatic nitrogens is 3. The number of carbonyl (C=O) groups is 1. The minimum absolute atomic E-state index is 0.154. The lowest BCUT2D eigenvalue weighted by molar-refractivity contribution is -0.117. The summed E-state index contributed by atoms with van der Waals surface area (Å²) < 4.78 is 18.8. The Morgan fingerprint density at radius 3 is 2.76 bits per heavy atom. The lowest BCUT2D eigenvalue weighted by Crippen LogP contribution is -2.41. The molecule has 0 spiro atoms. The van der Waals surface area contributed by atoms with E-state index in [1.165, 1.54) is 0 Å². The van der Waals surface area contributed by atoms with Crippen molar-refractivity contribution >= 4 is 39.8 Å². The molecule has 2 aliphatic rings. The topological polar surface area (TPSA) is 80.2 Å². The molecule has 5 rings (SSSR count). The van der Waals surface area contributed by atoms with Gasteiger partial charge in [0, 0.05) is 41.9 Å². The number of fused-ring (bicyclic) bond motifs is 1. The van der Waals surface area contributed by atoms with Crippen LogP contribution in [-0.4, -0.2) is 52.8 Å². The molecule has 7 nitrogen and oxygen atoms in total. The van der Waals surface area contributed by atoms with Crippen molar-refractivity contribution in [2.24, 2.45) is 5.92 Å². The normalized spacial score (nSPS) is 21.6. The molecule has 1 N–H and O–H groups in total. The summed E-state index contributed by atoms with van der Waals surface area (Å²) in [5.41, 5.74) is 2.84. The molecule has 9 heteroatoms. The number of nitrogens with one attached hydrogen (secondary N) is 1. The number of hydrogen-bond donors (Lipinski definition) is 1. The molecule has 1 aliphatic carbocycles. The van der Waals surface area contributed by atoms with E-state index >= 15 is 0 Å². The van der Waals surface area contributed by atoms with Crippen LogP contribution in [-0.2, 0) is 9.53 Å². The number of morpholine rings is 1. The van der Waals surface area contributed by atoms with Crippen LogP contribution in [0.15, 0.2) is 30.7 Å². The van der Waals surface area contributed by atoms with E-state index in [1.54, 1.807) is 24.7 Å². The van der Waals surface area contributed by atoms with Crippen LogP contribution in [0.4, 0.5) is 15.9 Å². The summed E-state index contributed by atoms with van der Waals surface area (Å²) in [7, 11) is 0. The standard InChI is InChI=1S/C25H23ClFN5O2/c1-14-13-32(5-6-34-14)17-7-21(26)23(29-11-17)4-3-16-10-28-15(2)20-12-30-24(9-18(16)20)31-25(33)19-8-22(19)27/h7,9-12,14,19,22H,5-6,8,13H2,1-2H3,(H,30,31,33)/t14-,19-,22+/m1/s1. The molecule has 1 saturated carbocycles. The van der Waals surface area contributed by atoms with Gasteiger partial charge in [0.05, 0.1) is 41.1 Å². The number of amides is 1. The molecule has 0 unspecified atom stereocenters. The van der Waals surface area contributed by atoms with Gasteiger partial charge in [-0.05, 0) is 38.3 Å². The van der Waals surface area contributed by atoms with Crippen molar-refractivity contribution < 1.29 is 13.9 Å². The number of pyridine rings is 3. The van der Waals surface area contributed by atoms with Gasteiger partial charge in [-0.3, -0.25) is 9.78 Å². The summed E-state index contributed by atoms with van der Waals surface area (Å²) in [5, 5.41) is 4.76. The molecule has 1 aliphatic heterocycles. The molecular formula is C25H23ClFN5O2. The van der Waals surface area contributed by atoms with Gasteiger partial charge in [-0.25, -0.2) is 14.4 Å². The summed E-state index contributed by atoms with van der Waals surface area (Å²) in [6.07, 6.45) is 4.43. The van der Waals surface area contributed by atoms with Gasteiger partial charge in [-0.1, -0.05) is 17.5 Å². The first-order valence-corrected chi connectivity index (χ1v) is 11.5. The average Bonchev–Trinajstić information content (AvgIpc) is 3.56. The molecule has 3 aromatic rings. The molecule has 0 aromatic carbocycles. The van der Waals surface area contributed by atoms with Gasteiger partial charge in [0.1, 0.15) is 17.7 Å². The Morgan fingerprint density at radius 2 is 2.03 bits per heavy atom. The van der Waals surface area contributed by atoms with Crippen molar-refractivity contribution in [3.63, 3.8) is 0 Å². The molecule has 0 radical (unpaired) electrons. The molecule has 4 heterocycles. The molecule has 2 fully saturated rings. The fourth-order valence-corrected chi connectivity index (χ4v) is 4.17. The molecule has 0 bridgehead atoms. The fourth-order valence-electron chi connectivity index (χ4n) is 3.96. The Balaban J connectivity index is 1.42. The maximum Gasteiger partial charge on any atom is 0.231 e. The summed E-state index contributed by atoms with van der Waals surface area (Å²) in [6.45, 7) is 6.15. The summed E-state index contributed by atoms with van der Waals surface area (Å²) in [5.74, 6) is 5.55. The van der Waals surface area contributed by atoms with Crippen molar-refractivity contribution in [2.45, 2.75) is 32.5 Å². The van der Waals surface area contributed by atoms with Crippen LogP contribution in [0.1, 0.15) is 30.3 Å². The number of ether oxygens (including phenoxy) is 1. The highest BCUT2D eigenvalue weighted by Crippen LogP contribution is 2.35. The first-order valence-electron chi connectivity index (χ1n) is 11.1. The lowest BCUT2D eigenvalue weighted by atomic mass is 10.1. The smallest absolute Gasteiger partial charge is 0.231 e. The Morgan fingerprint density at radius 1 is 1.21 bits per heavy atom. The fraction of sp³-hybridized carbons (Fsp3) is 0.360. The van der Waals surface area contributed by atoms with E-state index in [4.69, 9.17) is 16.3 Å². The van der Waals surface area contributed by atoms with Crippen molar-refractivity contribution in [3.05, 3.63) is 52.7 Å². The first kappa shape index (κ1) is 22.5. The molecule has 1 amide bonds. The number of anilines is 2. The first-order chi connectivity index (χ1) is 16.4. The summed E-state index contributed by atoms with van der Waals surface area (Å²) in [6, 6.07) is 3.61. The van der Waals surface area contributed by atoms with E-state index in [1.807, 2.05) is 19.9 Å². The predicted octanol–water partition coefficient (Wildman–Crippen LogP) is 3.91. The highest BCUT2D eigenvalue weighted by molar-refractivity contribution is 6.31. The third kappa shape index (κ3) is 4.67. The van der Waals surface area contributed by atoms with Gasteiger partial charge in [0.25, 0.3) is 0 Å². The van der Waals surface area contributed by atoms with Crippen LogP contribution in [0.3, 0.4) is 0 Å². The zero-order chi connectivity index (χ0) is 23.8. The highest BCUT2D eigenvalue weighted by Gasteiger charge is 2.43. The van der Waals surface area contributed by atoms with Gasteiger partial charge >= 0.3 is 0 Å². The largest absolute Gasteiger partial charge is 0.375 e. The SMILES string of the molecule is Cc1ncc(C#Cc2ncc(N3CCO[C@H](C)C3)cc2Cl)c2cc(NC(=O)[C@@H]3C[C@@H]3F)ncc12. The molecule has 3 aromatic heterocycles. The predicted molar refractivity (Wildman–Crippen MR) is 129 cm³/mol. The molecule has 1 saturated heterocycles. The third-order valence-electron chi connectivity index (χ3n) is 6.02. The average molecular weight is 480 g/mol. The second kappa shape index (κ2) is 9.16. The van der Waals surface area contributed by atoms with E-state index in [0.29, 0.717) is 28.7 Å². The Kier molecular flexibility index (Phi) is 6.07. The monoisotopic (exact) mass is 479 g/mol. The highest BCUT2D eigenvalue weighted by atomic mass is 35.5. The maximum absolute atomic E-state index is 13.2. The Bertz CT molecular complexity index is 1340. The van der Waals surface area contributed by atoms with Gasteiger partial charge in [-0.15, -0.1) is 0 Å². The minimum Gasteiger partial charge on any atom is -0.375 e. The van der Waals surface area contributed by atoms with Gasteiger partial charge in [0.2, 0.25) is 5.91 Å². The van der Waals surface area contributed by atoms with Gasteiger partial charge in [0.15, 0.2) is 0 Å². The number of hydrogen-bond acceptors (Lipinski definition) is 6. The zero-order valence-electron chi connectivity index (χ0n) is 18.8. The number of nitrogens with zero attached hydrogens (tertiary/aromatic N) is 4. The zero-order valence-corrected chi connectivity index (χ0v) is 19.6. The Labute approximate surface area is 201 Å². The van der Waals surface area contributed by atoms with Crippen LogP contribution < -0.4 is 10.2 Å². The summed E-state index contributed by atoms with van der Waals surface area (Å²) >= 11 is 6.50. The van der Waals surface area contributed by atoms with E-state index in [9.17, 15) is 9.18 Å². The van der Waals surface area contributed by atoms with Crippen LogP contribution in [0, 0.1) is 24.7 Å². The minimum atomic E-state index is -1.07. The molecule has 34 heavy (non-hydrogen) atoms. The van der Waals surface area contributed by atoms with Crippen LogP contribution in [0.25, 0.3) is 10.8 Å². The van der Waals surface area contributed by atoms with E-state index < -0.39 is 12.1 Å². The van der Waals surface area contributed by atoms with Crippen molar-refractivity contribution in [3.8, 4) is 11.8 Å². The number of alkyl halides is 1. The van der Waals surface area contributed by atoms with Gasteiger partial charge in [-0.2, -0.15) is 0 Å². The second-order valence-corrected chi connectivity index (χ2v) is 9.03. The van der Waals surface area contributed by atoms with Crippen molar-refractivity contribution in [2.75, 3.05) is 29.9 Å². The third-order valence-corrected chi connectivity index (χ3v) is 6.31. The van der Waals surface area contributed by atoms with Gasteiger partial charge < -0.3 is 15.0 Å². The Hall–Kier alpha value is -3.28. The van der Waals surface area contributed by atoms with E-state index in [2.05, 4.69) is 37.0 Å². The molecule has 3 atom stereocenters. The number of aryl methyl sites for hydroxylation is 1. The van der Waals surface area contributed by atoms with Crippen molar-refractivity contribution in [1.82, 2.24) is 15.0 Å².